The van der Waals surface area contributed by atoms with Gasteiger partial charge in [0, 0.05) is 18.0 Å². The van der Waals surface area contributed by atoms with Crippen molar-refractivity contribution in [2.45, 2.75) is 19.8 Å². The van der Waals surface area contributed by atoms with Gasteiger partial charge in [-0.2, -0.15) is 0 Å². The highest BCUT2D eigenvalue weighted by Gasteiger charge is 2.03. The Hall–Kier alpha value is -1.90. The summed E-state index contributed by atoms with van der Waals surface area (Å²) in [6.45, 7) is 2.15. The van der Waals surface area contributed by atoms with Crippen LogP contribution in [0.25, 0.3) is 11.3 Å². The minimum atomic E-state index is -0.147. The molecule has 16 heavy (non-hydrogen) atoms. The fourth-order valence-corrected chi connectivity index (χ4v) is 1.68. The van der Waals surface area contributed by atoms with Crippen LogP contribution in [0.1, 0.15) is 18.9 Å². The summed E-state index contributed by atoms with van der Waals surface area (Å²) < 4.78 is 0. The maximum absolute atomic E-state index is 11.5. The molecule has 1 N–H and O–H groups in total. The Labute approximate surface area is 94.2 Å². The molecule has 3 heteroatoms. The summed E-state index contributed by atoms with van der Waals surface area (Å²) in [5, 5.41) is 0. The highest BCUT2D eigenvalue weighted by molar-refractivity contribution is 5.57. The maximum atomic E-state index is 11.5. The van der Waals surface area contributed by atoms with Crippen molar-refractivity contribution in [3.63, 3.8) is 0 Å². The fraction of sp³-hybridized carbons (Fsp3) is 0.231. The van der Waals surface area contributed by atoms with E-state index in [2.05, 4.69) is 16.9 Å². The average Bonchev–Trinajstić information content (AvgIpc) is 2.31. The number of nitrogens with one attached hydrogen (secondary N) is 1. The Morgan fingerprint density at radius 1 is 1.25 bits per heavy atom. The zero-order valence-corrected chi connectivity index (χ0v) is 9.23. The zero-order valence-electron chi connectivity index (χ0n) is 9.23. The SMILES string of the molecule is CCCc1ccc(-c2ncc[nH]c2=O)cc1. The minimum Gasteiger partial charge on any atom is -0.326 e. The van der Waals surface area contributed by atoms with E-state index in [1.807, 2.05) is 24.3 Å². The van der Waals surface area contributed by atoms with Gasteiger partial charge in [-0.05, 0) is 12.0 Å². The van der Waals surface area contributed by atoms with Crippen molar-refractivity contribution in [1.29, 1.82) is 0 Å². The zero-order chi connectivity index (χ0) is 11.4. The van der Waals surface area contributed by atoms with Gasteiger partial charge in [0.15, 0.2) is 0 Å². The molecule has 0 fully saturated rings. The molecule has 0 radical (unpaired) electrons. The summed E-state index contributed by atoms with van der Waals surface area (Å²) >= 11 is 0. The van der Waals surface area contributed by atoms with E-state index >= 15 is 0 Å². The van der Waals surface area contributed by atoms with Crippen molar-refractivity contribution in [3.05, 3.63) is 52.6 Å². The predicted molar refractivity (Wildman–Crippen MR) is 64.3 cm³/mol. The molecule has 0 atom stereocenters. The van der Waals surface area contributed by atoms with Crippen molar-refractivity contribution in [3.8, 4) is 11.3 Å². The standard InChI is InChI=1S/C13H14N2O/c1-2-3-10-4-6-11(7-5-10)12-13(16)15-9-8-14-12/h4-9H,2-3H2,1H3,(H,15,16). The number of aromatic amines is 1. The second-order valence-corrected chi connectivity index (χ2v) is 3.71. The molecule has 0 unspecified atom stereocenters. The summed E-state index contributed by atoms with van der Waals surface area (Å²) in [5.41, 5.74) is 2.48. The van der Waals surface area contributed by atoms with Crippen LogP contribution in [0.2, 0.25) is 0 Å². The average molecular weight is 214 g/mol. The molecule has 0 spiro atoms. The summed E-state index contributed by atoms with van der Waals surface area (Å²) in [6.07, 6.45) is 5.33. The molecule has 0 aliphatic heterocycles. The van der Waals surface area contributed by atoms with Gasteiger partial charge in [-0.1, -0.05) is 37.6 Å². The van der Waals surface area contributed by atoms with Gasteiger partial charge in [0.1, 0.15) is 5.69 Å². The molecule has 0 aliphatic carbocycles. The quantitative estimate of drug-likeness (QED) is 0.852. The monoisotopic (exact) mass is 214 g/mol. The maximum Gasteiger partial charge on any atom is 0.274 e. The number of rotatable bonds is 3. The molecule has 1 aromatic heterocycles. The molecule has 2 aromatic rings. The number of aromatic nitrogens is 2. The molecule has 3 nitrogen and oxygen atoms in total. The molecule has 0 bridgehead atoms. The van der Waals surface area contributed by atoms with Crippen LogP contribution in [0, 0.1) is 0 Å². The van der Waals surface area contributed by atoms with Crippen LogP contribution >= 0.6 is 0 Å². The van der Waals surface area contributed by atoms with E-state index in [9.17, 15) is 4.79 Å². The first-order valence-electron chi connectivity index (χ1n) is 5.44. The third kappa shape index (κ3) is 2.19. The highest BCUT2D eigenvalue weighted by atomic mass is 16.1. The van der Waals surface area contributed by atoms with E-state index in [1.54, 1.807) is 6.20 Å². The lowest BCUT2D eigenvalue weighted by Gasteiger charge is -2.01. The Bertz CT molecular complexity index is 514. The second kappa shape index (κ2) is 4.75. The number of aryl methyl sites for hydroxylation is 1. The molecule has 0 saturated carbocycles. The van der Waals surface area contributed by atoms with Gasteiger partial charge >= 0.3 is 0 Å². The molecule has 1 aromatic carbocycles. The topological polar surface area (TPSA) is 45.8 Å². The van der Waals surface area contributed by atoms with Crippen LogP contribution in [0.4, 0.5) is 0 Å². The molecule has 1 heterocycles. The van der Waals surface area contributed by atoms with Crippen molar-refractivity contribution < 1.29 is 0 Å². The summed E-state index contributed by atoms with van der Waals surface area (Å²) in [4.78, 5) is 18.2. The Morgan fingerprint density at radius 2 is 2.00 bits per heavy atom. The molecular weight excluding hydrogens is 200 g/mol. The number of nitrogens with zero attached hydrogens (tertiary/aromatic N) is 1. The van der Waals surface area contributed by atoms with Crippen LogP contribution < -0.4 is 5.56 Å². The lowest BCUT2D eigenvalue weighted by atomic mass is 10.1. The van der Waals surface area contributed by atoms with Crippen LogP contribution in [-0.2, 0) is 6.42 Å². The summed E-state index contributed by atoms with van der Waals surface area (Å²) in [7, 11) is 0. The molecule has 82 valence electrons. The van der Waals surface area contributed by atoms with E-state index in [1.165, 1.54) is 11.8 Å². The Kier molecular flexibility index (Phi) is 3.15. The number of H-pyrrole nitrogens is 1. The van der Waals surface area contributed by atoms with Crippen molar-refractivity contribution >= 4 is 0 Å². The number of hydrogen-bond donors (Lipinski definition) is 1. The summed E-state index contributed by atoms with van der Waals surface area (Å²) in [5.74, 6) is 0. The van der Waals surface area contributed by atoms with Crippen LogP contribution in [0.5, 0.6) is 0 Å². The van der Waals surface area contributed by atoms with Crippen molar-refractivity contribution in [2.24, 2.45) is 0 Å². The first-order chi connectivity index (χ1) is 7.81. The van der Waals surface area contributed by atoms with Gasteiger partial charge in [0.05, 0.1) is 0 Å². The Balaban J connectivity index is 2.35. The van der Waals surface area contributed by atoms with E-state index in [4.69, 9.17) is 0 Å². The molecule has 0 aliphatic rings. The first kappa shape index (κ1) is 10.6. The largest absolute Gasteiger partial charge is 0.326 e. The van der Waals surface area contributed by atoms with Crippen LogP contribution in [0.3, 0.4) is 0 Å². The van der Waals surface area contributed by atoms with Gasteiger partial charge in [-0.15, -0.1) is 0 Å². The van der Waals surface area contributed by atoms with E-state index < -0.39 is 0 Å². The normalized spacial score (nSPS) is 10.3. The van der Waals surface area contributed by atoms with Gasteiger partial charge in [-0.25, -0.2) is 4.98 Å². The highest BCUT2D eigenvalue weighted by Crippen LogP contribution is 2.14. The first-order valence-corrected chi connectivity index (χ1v) is 5.44. The number of hydrogen-bond acceptors (Lipinski definition) is 2. The smallest absolute Gasteiger partial charge is 0.274 e. The third-order valence-electron chi connectivity index (χ3n) is 2.47. The fourth-order valence-electron chi connectivity index (χ4n) is 1.68. The summed E-state index contributed by atoms with van der Waals surface area (Å²) in [6, 6.07) is 7.99. The van der Waals surface area contributed by atoms with E-state index in [0.717, 1.165) is 18.4 Å². The second-order valence-electron chi connectivity index (χ2n) is 3.71. The van der Waals surface area contributed by atoms with Crippen LogP contribution in [0.15, 0.2) is 41.5 Å². The van der Waals surface area contributed by atoms with E-state index in [-0.39, 0.29) is 5.56 Å². The molecule has 0 amide bonds. The van der Waals surface area contributed by atoms with Gasteiger partial charge in [0.25, 0.3) is 5.56 Å². The minimum absolute atomic E-state index is 0.147. The Morgan fingerprint density at radius 3 is 2.62 bits per heavy atom. The lowest BCUT2D eigenvalue weighted by molar-refractivity contribution is 0.922. The van der Waals surface area contributed by atoms with E-state index in [0.29, 0.717) is 5.69 Å². The molecule has 0 saturated heterocycles. The van der Waals surface area contributed by atoms with Gasteiger partial charge < -0.3 is 4.98 Å². The van der Waals surface area contributed by atoms with Gasteiger partial charge in [0.2, 0.25) is 0 Å². The van der Waals surface area contributed by atoms with Crippen LogP contribution in [-0.4, -0.2) is 9.97 Å². The number of benzene rings is 1. The lowest BCUT2D eigenvalue weighted by Crippen LogP contribution is -2.09. The van der Waals surface area contributed by atoms with Crippen molar-refractivity contribution in [1.82, 2.24) is 9.97 Å². The predicted octanol–water partition coefficient (Wildman–Crippen LogP) is 2.39. The van der Waals surface area contributed by atoms with Crippen molar-refractivity contribution in [2.75, 3.05) is 0 Å². The third-order valence-corrected chi connectivity index (χ3v) is 2.47. The molecular formula is C13H14N2O. The van der Waals surface area contributed by atoms with Gasteiger partial charge in [-0.3, -0.25) is 4.79 Å². The molecule has 2 rings (SSSR count).